The maximum Gasteiger partial charge on any atom is 0.258 e. The molecular formula is C14H16FN3O2. The molecule has 0 radical (unpaired) electrons. The van der Waals surface area contributed by atoms with Crippen LogP contribution in [0, 0.1) is 12.7 Å². The van der Waals surface area contributed by atoms with Crippen molar-refractivity contribution >= 4 is 11.6 Å². The Balaban J connectivity index is 2.07. The van der Waals surface area contributed by atoms with Crippen molar-refractivity contribution < 1.29 is 13.9 Å². The molecule has 2 rings (SSSR count). The van der Waals surface area contributed by atoms with Gasteiger partial charge in [-0.1, -0.05) is 11.6 Å². The molecule has 0 fully saturated rings. The number of amides is 1. The van der Waals surface area contributed by atoms with Crippen LogP contribution in [0.4, 0.5) is 10.1 Å². The van der Waals surface area contributed by atoms with E-state index in [4.69, 9.17) is 4.74 Å². The molecule has 0 aliphatic rings. The van der Waals surface area contributed by atoms with E-state index in [9.17, 15) is 9.18 Å². The summed E-state index contributed by atoms with van der Waals surface area (Å²) < 4.78 is 20.2. The molecule has 20 heavy (non-hydrogen) atoms. The van der Waals surface area contributed by atoms with E-state index in [0.717, 1.165) is 5.56 Å². The quantitative estimate of drug-likeness (QED) is 0.911. The van der Waals surface area contributed by atoms with Crippen molar-refractivity contribution in [2.75, 3.05) is 19.0 Å². The van der Waals surface area contributed by atoms with Gasteiger partial charge in [0.15, 0.2) is 0 Å². The van der Waals surface area contributed by atoms with E-state index >= 15 is 0 Å². The highest BCUT2D eigenvalue weighted by Gasteiger charge is 2.12. The molecule has 0 atom stereocenters. The molecule has 0 spiro atoms. The Morgan fingerprint density at radius 1 is 1.50 bits per heavy atom. The number of hydrogen-bond donors (Lipinski definition) is 1. The second-order valence-electron chi connectivity index (χ2n) is 4.42. The predicted octanol–water partition coefficient (Wildman–Crippen LogP) is 2.23. The van der Waals surface area contributed by atoms with Gasteiger partial charge < -0.3 is 10.1 Å². The van der Waals surface area contributed by atoms with Crippen LogP contribution in [0.3, 0.4) is 0 Å². The van der Waals surface area contributed by atoms with Gasteiger partial charge >= 0.3 is 0 Å². The Labute approximate surface area is 116 Å². The van der Waals surface area contributed by atoms with E-state index in [1.165, 1.54) is 18.3 Å². The third-order valence-corrected chi connectivity index (χ3v) is 2.78. The van der Waals surface area contributed by atoms with E-state index in [1.54, 1.807) is 31.0 Å². The van der Waals surface area contributed by atoms with Crippen molar-refractivity contribution in [1.29, 1.82) is 0 Å². The molecule has 6 heteroatoms. The van der Waals surface area contributed by atoms with Crippen LogP contribution < -0.4 is 5.32 Å². The summed E-state index contributed by atoms with van der Waals surface area (Å²) >= 11 is 0. The van der Waals surface area contributed by atoms with Gasteiger partial charge in [0.05, 0.1) is 30.6 Å². The van der Waals surface area contributed by atoms with Gasteiger partial charge in [0, 0.05) is 13.3 Å². The summed E-state index contributed by atoms with van der Waals surface area (Å²) in [5.41, 5.74) is 1.37. The number of benzene rings is 1. The zero-order valence-electron chi connectivity index (χ0n) is 11.4. The molecule has 1 N–H and O–H groups in total. The van der Waals surface area contributed by atoms with E-state index in [0.29, 0.717) is 18.8 Å². The second-order valence-corrected chi connectivity index (χ2v) is 4.42. The van der Waals surface area contributed by atoms with Crippen LogP contribution >= 0.6 is 0 Å². The summed E-state index contributed by atoms with van der Waals surface area (Å²) in [6.45, 7) is 2.92. The number of methoxy groups -OCH3 is 1. The third kappa shape index (κ3) is 3.42. The minimum absolute atomic E-state index is 0.0228. The molecule has 0 unspecified atom stereocenters. The van der Waals surface area contributed by atoms with Gasteiger partial charge in [-0.15, -0.1) is 0 Å². The highest BCUT2D eigenvalue weighted by atomic mass is 19.1. The van der Waals surface area contributed by atoms with Gasteiger partial charge in [-0.25, -0.2) is 4.39 Å². The lowest BCUT2D eigenvalue weighted by atomic mass is 10.1. The van der Waals surface area contributed by atoms with E-state index in [2.05, 4.69) is 10.4 Å². The Morgan fingerprint density at radius 2 is 2.30 bits per heavy atom. The number of anilines is 1. The molecule has 1 heterocycles. The summed E-state index contributed by atoms with van der Waals surface area (Å²) in [7, 11) is 1.60. The molecule has 5 nitrogen and oxygen atoms in total. The number of carbonyl (C=O) groups is 1. The van der Waals surface area contributed by atoms with Crippen molar-refractivity contribution in [2.45, 2.75) is 13.5 Å². The van der Waals surface area contributed by atoms with E-state index in [1.807, 2.05) is 0 Å². The molecule has 0 aliphatic heterocycles. The maximum absolute atomic E-state index is 13.6. The van der Waals surface area contributed by atoms with Crippen molar-refractivity contribution in [3.05, 3.63) is 47.5 Å². The van der Waals surface area contributed by atoms with E-state index in [-0.39, 0.29) is 5.56 Å². The fourth-order valence-corrected chi connectivity index (χ4v) is 1.75. The topological polar surface area (TPSA) is 56.1 Å². The lowest BCUT2D eigenvalue weighted by Gasteiger charge is -2.05. The van der Waals surface area contributed by atoms with Gasteiger partial charge in [-0.2, -0.15) is 5.10 Å². The predicted molar refractivity (Wildman–Crippen MR) is 73.2 cm³/mol. The number of hydrogen-bond acceptors (Lipinski definition) is 3. The number of halogens is 1. The second kappa shape index (κ2) is 6.29. The molecule has 1 amide bonds. The number of nitrogens with one attached hydrogen (secondary N) is 1. The van der Waals surface area contributed by atoms with Gasteiger partial charge in [-0.3, -0.25) is 9.48 Å². The van der Waals surface area contributed by atoms with Crippen LogP contribution in [-0.4, -0.2) is 29.4 Å². The van der Waals surface area contributed by atoms with Crippen LogP contribution in [0.2, 0.25) is 0 Å². The molecule has 0 saturated heterocycles. The lowest BCUT2D eigenvalue weighted by Crippen LogP contribution is -2.13. The molecule has 106 valence electrons. The number of nitrogens with zero attached hydrogens (tertiary/aromatic N) is 2. The summed E-state index contributed by atoms with van der Waals surface area (Å²) in [5, 5.41) is 6.69. The fourth-order valence-electron chi connectivity index (χ4n) is 1.75. The van der Waals surface area contributed by atoms with E-state index < -0.39 is 11.7 Å². The summed E-state index contributed by atoms with van der Waals surface area (Å²) in [4.78, 5) is 12.0. The first-order valence-corrected chi connectivity index (χ1v) is 6.19. The number of aryl methyl sites for hydroxylation is 1. The van der Waals surface area contributed by atoms with Crippen molar-refractivity contribution in [2.24, 2.45) is 0 Å². The fraction of sp³-hybridized carbons (Fsp3) is 0.286. The molecule has 0 aliphatic carbocycles. The molecular weight excluding hydrogens is 261 g/mol. The van der Waals surface area contributed by atoms with Crippen LogP contribution in [0.25, 0.3) is 0 Å². The molecule has 1 aromatic carbocycles. The zero-order chi connectivity index (χ0) is 14.5. The standard InChI is InChI=1S/C14H16FN3O2/c1-10-3-4-13(15)12(7-10)14(19)17-11-8-16-18(9-11)5-6-20-2/h3-4,7-9H,5-6H2,1-2H3,(H,17,19). The summed E-state index contributed by atoms with van der Waals surface area (Å²) in [6.07, 6.45) is 3.19. The molecule has 0 saturated carbocycles. The van der Waals surface area contributed by atoms with Crippen molar-refractivity contribution in [3.63, 3.8) is 0 Å². The largest absolute Gasteiger partial charge is 0.383 e. The molecule has 2 aromatic rings. The lowest BCUT2D eigenvalue weighted by molar-refractivity contribution is 0.102. The van der Waals surface area contributed by atoms with Gasteiger partial charge in [0.1, 0.15) is 5.82 Å². The number of ether oxygens (including phenoxy) is 1. The Kier molecular flexibility index (Phi) is 4.47. The van der Waals surface area contributed by atoms with Crippen LogP contribution in [0.15, 0.2) is 30.6 Å². The van der Waals surface area contributed by atoms with Gasteiger partial charge in [0.2, 0.25) is 0 Å². The monoisotopic (exact) mass is 277 g/mol. The Hall–Kier alpha value is -2.21. The van der Waals surface area contributed by atoms with Crippen molar-refractivity contribution in [3.8, 4) is 0 Å². The highest BCUT2D eigenvalue weighted by molar-refractivity contribution is 6.04. The maximum atomic E-state index is 13.6. The normalized spacial score (nSPS) is 10.6. The zero-order valence-corrected chi connectivity index (χ0v) is 11.4. The first-order chi connectivity index (χ1) is 9.60. The van der Waals surface area contributed by atoms with Gasteiger partial charge in [-0.05, 0) is 19.1 Å². The van der Waals surface area contributed by atoms with Crippen molar-refractivity contribution in [1.82, 2.24) is 9.78 Å². The highest BCUT2D eigenvalue weighted by Crippen LogP contribution is 2.13. The number of carbonyl (C=O) groups excluding carboxylic acids is 1. The Morgan fingerprint density at radius 3 is 3.05 bits per heavy atom. The van der Waals surface area contributed by atoms with Crippen LogP contribution in [0.5, 0.6) is 0 Å². The first-order valence-electron chi connectivity index (χ1n) is 6.19. The average molecular weight is 277 g/mol. The summed E-state index contributed by atoms with van der Waals surface area (Å²) in [6, 6.07) is 4.42. The van der Waals surface area contributed by atoms with Crippen LogP contribution in [0.1, 0.15) is 15.9 Å². The smallest absolute Gasteiger partial charge is 0.258 e. The molecule has 0 bridgehead atoms. The SMILES string of the molecule is COCCn1cc(NC(=O)c2cc(C)ccc2F)cn1. The Bertz CT molecular complexity index is 610. The third-order valence-electron chi connectivity index (χ3n) is 2.78. The first kappa shape index (κ1) is 14.2. The molecule has 1 aromatic heterocycles. The minimum Gasteiger partial charge on any atom is -0.383 e. The average Bonchev–Trinajstić information content (AvgIpc) is 2.86. The minimum atomic E-state index is -0.542. The van der Waals surface area contributed by atoms with Gasteiger partial charge in [0.25, 0.3) is 5.91 Å². The van der Waals surface area contributed by atoms with Crippen LogP contribution in [-0.2, 0) is 11.3 Å². The number of rotatable bonds is 5. The number of aromatic nitrogens is 2. The summed E-state index contributed by atoms with van der Waals surface area (Å²) in [5.74, 6) is -1.03.